The molecule has 2 N–H and O–H groups in total. The van der Waals surface area contributed by atoms with Gasteiger partial charge in [0.1, 0.15) is 0 Å². The molecule has 0 radical (unpaired) electrons. The van der Waals surface area contributed by atoms with E-state index in [0.29, 0.717) is 24.1 Å². The lowest BCUT2D eigenvalue weighted by atomic mass is 10.1. The molecule has 4 heteroatoms. The molecule has 0 saturated carbocycles. The second-order valence-electron chi connectivity index (χ2n) is 4.36. The van der Waals surface area contributed by atoms with Crippen LogP contribution in [-0.4, -0.2) is 22.6 Å². The van der Waals surface area contributed by atoms with E-state index in [-0.39, 0.29) is 12.5 Å². The van der Waals surface area contributed by atoms with E-state index in [0.717, 1.165) is 5.56 Å². The highest BCUT2D eigenvalue weighted by Crippen LogP contribution is 2.08. The molecule has 1 amide bonds. The number of nitrogens with zero attached hydrogens (tertiary/aromatic N) is 1. The van der Waals surface area contributed by atoms with Crippen LogP contribution in [0.25, 0.3) is 0 Å². The molecular formula is C17H16N2O2. The minimum Gasteiger partial charge on any atom is -0.395 e. The maximum absolute atomic E-state index is 12.2. The number of aromatic nitrogens is 1. The van der Waals surface area contributed by atoms with E-state index in [1.165, 1.54) is 0 Å². The maximum Gasteiger partial charge on any atom is 0.252 e. The summed E-state index contributed by atoms with van der Waals surface area (Å²) in [6.07, 6.45) is 3.78. The molecule has 106 valence electrons. The van der Waals surface area contributed by atoms with Gasteiger partial charge in [-0.15, -0.1) is 0 Å². The van der Waals surface area contributed by atoms with Crippen molar-refractivity contribution in [1.29, 1.82) is 0 Å². The molecule has 0 atom stereocenters. The molecule has 2 aromatic rings. The van der Waals surface area contributed by atoms with Gasteiger partial charge < -0.3 is 10.4 Å². The second-order valence-corrected chi connectivity index (χ2v) is 4.36. The fourth-order valence-corrected chi connectivity index (χ4v) is 1.78. The summed E-state index contributed by atoms with van der Waals surface area (Å²) < 4.78 is 0. The SMILES string of the molecule is O=C(NCc1ccncc1)c1ccccc1C#CCCO. The number of carbonyl (C=O) groups excluding carboxylic acids is 1. The molecule has 1 aromatic heterocycles. The molecule has 0 saturated heterocycles. The number of hydrogen-bond donors (Lipinski definition) is 2. The van der Waals surface area contributed by atoms with E-state index >= 15 is 0 Å². The summed E-state index contributed by atoms with van der Waals surface area (Å²) in [6, 6.07) is 10.9. The van der Waals surface area contributed by atoms with E-state index in [4.69, 9.17) is 5.11 Å². The Balaban J connectivity index is 2.07. The van der Waals surface area contributed by atoms with Crippen molar-refractivity contribution in [1.82, 2.24) is 10.3 Å². The number of benzene rings is 1. The summed E-state index contributed by atoms with van der Waals surface area (Å²) in [6.45, 7) is 0.461. The Morgan fingerprint density at radius 1 is 1.19 bits per heavy atom. The van der Waals surface area contributed by atoms with Gasteiger partial charge in [-0.2, -0.15) is 0 Å². The molecule has 4 nitrogen and oxygen atoms in total. The van der Waals surface area contributed by atoms with Gasteiger partial charge in [-0.3, -0.25) is 9.78 Å². The zero-order chi connectivity index (χ0) is 14.9. The van der Waals surface area contributed by atoms with Crippen molar-refractivity contribution in [3.63, 3.8) is 0 Å². The zero-order valence-electron chi connectivity index (χ0n) is 11.5. The number of amides is 1. The van der Waals surface area contributed by atoms with Gasteiger partial charge in [0.05, 0.1) is 12.2 Å². The summed E-state index contributed by atoms with van der Waals surface area (Å²) in [7, 11) is 0. The first-order valence-corrected chi connectivity index (χ1v) is 6.67. The lowest BCUT2D eigenvalue weighted by Gasteiger charge is -2.07. The molecule has 0 aliphatic carbocycles. The number of nitrogens with one attached hydrogen (secondary N) is 1. The number of aliphatic hydroxyl groups is 1. The third-order valence-electron chi connectivity index (χ3n) is 2.83. The van der Waals surface area contributed by atoms with Crippen molar-refractivity contribution in [2.45, 2.75) is 13.0 Å². The number of pyridine rings is 1. The van der Waals surface area contributed by atoms with Crippen molar-refractivity contribution in [2.75, 3.05) is 6.61 Å². The number of hydrogen-bond acceptors (Lipinski definition) is 3. The first kappa shape index (κ1) is 14.8. The van der Waals surface area contributed by atoms with Crippen LogP contribution in [0, 0.1) is 11.8 Å². The molecule has 0 aliphatic heterocycles. The molecule has 0 fully saturated rings. The van der Waals surface area contributed by atoms with E-state index in [1.54, 1.807) is 30.6 Å². The number of aliphatic hydroxyl groups excluding tert-OH is 1. The minimum atomic E-state index is -0.166. The van der Waals surface area contributed by atoms with Gasteiger partial charge in [0.25, 0.3) is 5.91 Å². The summed E-state index contributed by atoms with van der Waals surface area (Å²) in [5.74, 6) is 5.58. The van der Waals surface area contributed by atoms with Crippen LogP contribution in [0.1, 0.15) is 27.9 Å². The predicted octanol–water partition coefficient (Wildman–Crippen LogP) is 1.75. The van der Waals surface area contributed by atoms with E-state index in [1.807, 2.05) is 18.2 Å². The van der Waals surface area contributed by atoms with Crippen LogP contribution in [0.3, 0.4) is 0 Å². The minimum absolute atomic E-state index is 0.0173. The Hall–Kier alpha value is -2.64. The van der Waals surface area contributed by atoms with Gasteiger partial charge in [-0.1, -0.05) is 24.0 Å². The Morgan fingerprint density at radius 2 is 1.95 bits per heavy atom. The van der Waals surface area contributed by atoms with Gasteiger partial charge >= 0.3 is 0 Å². The molecule has 0 spiro atoms. The lowest BCUT2D eigenvalue weighted by molar-refractivity contribution is 0.0950. The predicted molar refractivity (Wildman–Crippen MR) is 80.4 cm³/mol. The van der Waals surface area contributed by atoms with E-state index < -0.39 is 0 Å². The Morgan fingerprint density at radius 3 is 2.71 bits per heavy atom. The van der Waals surface area contributed by atoms with Gasteiger partial charge in [0.2, 0.25) is 0 Å². The molecule has 0 unspecified atom stereocenters. The number of rotatable bonds is 4. The van der Waals surface area contributed by atoms with Gasteiger partial charge in [0, 0.05) is 30.9 Å². The summed E-state index contributed by atoms with van der Waals surface area (Å²) in [4.78, 5) is 16.2. The van der Waals surface area contributed by atoms with Crippen LogP contribution in [0.4, 0.5) is 0 Å². The first-order valence-electron chi connectivity index (χ1n) is 6.67. The molecule has 1 aromatic carbocycles. The number of carbonyl (C=O) groups is 1. The maximum atomic E-state index is 12.2. The Kier molecular flexibility index (Phi) is 5.50. The Bertz CT molecular complexity index is 657. The molecule has 1 heterocycles. The van der Waals surface area contributed by atoms with Crippen LogP contribution < -0.4 is 5.32 Å². The normalized spacial score (nSPS) is 9.57. The molecule has 21 heavy (non-hydrogen) atoms. The van der Waals surface area contributed by atoms with Crippen molar-refractivity contribution in [3.05, 3.63) is 65.5 Å². The highest BCUT2D eigenvalue weighted by molar-refractivity contribution is 5.96. The molecule has 2 rings (SSSR count). The van der Waals surface area contributed by atoms with Crippen molar-refractivity contribution in [3.8, 4) is 11.8 Å². The fraction of sp³-hybridized carbons (Fsp3) is 0.176. The topological polar surface area (TPSA) is 62.2 Å². The highest BCUT2D eigenvalue weighted by Gasteiger charge is 2.08. The van der Waals surface area contributed by atoms with Gasteiger partial charge in [-0.05, 0) is 29.8 Å². The smallest absolute Gasteiger partial charge is 0.252 e. The average molecular weight is 280 g/mol. The summed E-state index contributed by atoms with van der Waals surface area (Å²) in [5.41, 5.74) is 2.19. The van der Waals surface area contributed by atoms with Crippen molar-refractivity contribution in [2.24, 2.45) is 0 Å². The third-order valence-corrected chi connectivity index (χ3v) is 2.83. The van der Waals surface area contributed by atoms with E-state index in [9.17, 15) is 4.79 Å². The van der Waals surface area contributed by atoms with Crippen LogP contribution in [-0.2, 0) is 6.54 Å². The fourth-order valence-electron chi connectivity index (χ4n) is 1.78. The van der Waals surface area contributed by atoms with Crippen LogP contribution in [0.5, 0.6) is 0 Å². The zero-order valence-corrected chi connectivity index (χ0v) is 11.5. The summed E-state index contributed by atoms with van der Waals surface area (Å²) >= 11 is 0. The van der Waals surface area contributed by atoms with Crippen LogP contribution in [0.15, 0.2) is 48.8 Å². The second kappa shape index (κ2) is 7.83. The van der Waals surface area contributed by atoms with Crippen molar-refractivity contribution >= 4 is 5.91 Å². The first-order chi connectivity index (χ1) is 10.3. The quantitative estimate of drug-likeness (QED) is 0.839. The lowest BCUT2D eigenvalue weighted by Crippen LogP contribution is -2.23. The van der Waals surface area contributed by atoms with Gasteiger partial charge in [0.15, 0.2) is 0 Å². The monoisotopic (exact) mass is 280 g/mol. The molecule has 0 bridgehead atoms. The highest BCUT2D eigenvalue weighted by atomic mass is 16.2. The van der Waals surface area contributed by atoms with E-state index in [2.05, 4.69) is 22.1 Å². The third kappa shape index (κ3) is 4.44. The standard InChI is InChI=1S/C17H16N2O2/c20-12-4-3-6-15-5-1-2-7-16(15)17(21)19-13-14-8-10-18-11-9-14/h1-2,5,7-11,20H,4,12-13H2,(H,19,21). The molecular weight excluding hydrogens is 264 g/mol. The van der Waals surface area contributed by atoms with Crippen LogP contribution >= 0.6 is 0 Å². The average Bonchev–Trinajstić information content (AvgIpc) is 2.54. The van der Waals surface area contributed by atoms with Crippen molar-refractivity contribution < 1.29 is 9.90 Å². The largest absolute Gasteiger partial charge is 0.395 e. The Labute approximate surface area is 123 Å². The van der Waals surface area contributed by atoms with Gasteiger partial charge in [-0.25, -0.2) is 0 Å². The molecule has 0 aliphatic rings. The summed E-state index contributed by atoms with van der Waals surface area (Å²) in [5, 5.41) is 11.6. The van der Waals surface area contributed by atoms with Crippen LogP contribution in [0.2, 0.25) is 0 Å².